The second kappa shape index (κ2) is 6.28. The largest absolute Gasteiger partial charge is 0.365 e. The van der Waals surface area contributed by atoms with Crippen LogP contribution in [0.2, 0.25) is 0 Å². The Morgan fingerprint density at radius 3 is 2.18 bits per heavy atom. The number of anilines is 1. The molecule has 2 bridgehead atoms. The summed E-state index contributed by atoms with van der Waals surface area (Å²) in [4.78, 5) is 41.7. The summed E-state index contributed by atoms with van der Waals surface area (Å²) < 4.78 is 0. The summed E-state index contributed by atoms with van der Waals surface area (Å²) in [6, 6.07) is 0. The average molecular weight is 399 g/mol. The Kier molecular flexibility index (Phi) is 4.06. The lowest BCUT2D eigenvalue weighted by Gasteiger charge is -2.19. The van der Waals surface area contributed by atoms with E-state index >= 15 is 0 Å². The van der Waals surface area contributed by atoms with Gasteiger partial charge in [0.2, 0.25) is 11.8 Å². The minimum absolute atomic E-state index is 0.111. The van der Waals surface area contributed by atoms with Gasteiger partial charge in [-0.15, -0.1) is 11.3 Å². The Morgan fingerprint density at radius 2 is 1.61 bits per heavy atom. The molecule has 1 aromatic heterocycles. The summed E-state index contributed by atoms with van der Waals surface area (Å²) in [6.45, 7) is 4.19. The first-order valence-electron chi connectivity index (χ1n) is 10.4. The molecule has 5 rings (SSSR count). The SMILES string of the molecule is CC(C)=C1[C@@H]2CC[C@@H]1[C@@H]1C(=O)N(c3sc4c(c3C(N)=O)CCCCC4)C(=O)[C@H]12. The number of carbonyl (C=O) groups is 3. The van der Waals surface area contributed by atoms with Crippen molar-refractivity contribution in [2.75, 3.05) is 4.90 Å². The molecule has 0 aromatic carbocycles. The lowest BCUT2D eigenvalue weighted by molar-refractivity contribution is -0.122. The zero-order valence-electron chi connectivity index (χ0n) is 16.4. The highest BCUT2D eigenvalue weighted by molar-refractivity contribution is 7.17. The van der Waals surface area contributed by atoms with E-state index in [2.05, 4.69) is 13.8 Å². The van der Waals surface area contributed by atoms with E-state index in [1.165, 1.54) is 27.4 Å². The van der Waals surface area contributed by atoms with Crippen molar-refractivity contribution in [1.29, 1.82) is 0 Å². The number of hydrogen-bond donors (Lipinski definition) is 1. The molecule has 28 heavy (non-hydrogen) atoms. The van der Waals surface area contributed by atoms with Crippen molar-refractivity contribution in [2.45, 2.75) is 58.8 Å². The Labute approximate surface area is 169 Å². The van der Waals surface area contributed by atoms with Gasteiger partial charge in [0.05, 0.1) is 17.4 Å². The van der Waals surface area contributed by atoms with Crippen LogP contribution in [0.4, 0.5) is 5.00 Å². The molecule has 148 valence electrons. The highest BCUT2D eigenvalue weighted by Crippen LogP contribution is 2.61. The number of carbonyl (C=O) groups excluding carboxylic acids is 3. The summed E-state index contributed by atoms with van der Waals surface area (Å²) in [7, 11) is 0. The Morgan fingerprint density at radius 1 is 1.00 bits per heavy atom. The number of hydrogen-bond acceptors (Lipinski definition) is 4. The van der Waals surface area contributed by atoms with Crippen LogP contribution in [0, 0.1) is 23.7 Å². The molecule has 1 aliphatic heterocycles. The molecule has 4 aliphatic rings. The van der Waals surface area contributed by atoms with E-state index < -0.39 is 5.91 Å². The van der Waals surface area contributed by atoms with Crippen molar-refractivity contribution in [3.63, 3.8) is 0 Å². The van der Waals surface area contributed by atoms with Crippen molar-refractivity contribution in [3.8, 4) is 0 Å². The molecule has 2 heterocycles. The number of imide groups is 1. The zero-order chi connectivity index (χ0) is 19.7. The highest BCUT2D eigenvalue weighted by Gasteiger charge is 2.64. The van der Waals surface area contributed by atoms with Crippen LogP contribution in [-0.4, -0.2) is 17.7 Å². The number of aryl methyl sites for hydroxylation is 1. The summed E-state index contributed by atoms with van der Waals surface area (Å²) in [5, 5.41) is 0.502. The molecule has 0 radical (unpaired) electrons. The number of nitrogens with two attached hydrogens (primary N) is 1. The minimum Gasteiger partial charge on any atom is -0.365 e. The van der Waals surface area contributed by atoms with E-state index in [4.69, 9.17) is 5.73 Å². The zero-order valence-corrected chi connectivity index (χ0v) is 17.2. The van der Waals surface area contributed by atoms with Gasteiger partial charge in [-0.2, -0.15) is 0 Å². The number of primary amides is 1. The minimum atomic E-state index is -0.514. The predicted molar refractivity (Wildman–Crippen MR) is 108 cm³/mol. The molecule has 3 fully saturated rings. The third-order valence-corrected chi connectivity index (χ3v) is 8.56. The van der Waals surface area contributed by atoms with Gasteiger partial charge in [-0.1, -0.05) is 17.6 Å². The van der Waals surface area contributed by atoms with Gasteiger partial charge in [-0.3, -0.25) is 14.4 Å². The van der Waals surface area contributed by atoms with Crippen molar-refractivity contribution in [3.05, 3.63) is 27.2 Å². The number of amides is 3. The van der Waals surface area contributed by atoms with E-state index in [-0.39, 0.29) is 35.5 Å². The molecule has 2 N–H and O–H groups in total. The van der Waals surface area contributed by atoms with E-state index in [0.29, 0.717) is 10.6 Å². The maximum absolute atomic E-state index is 13.4. The van der Waals surface area contributed by atoms with Crippen molar-refractivity contribution in [1.82, 2.24) is 0 Å². The van der Waals surface area contributed by atoms with Gasteiger partial charge in [-0.05, 0) is 69.8 Å². The normalized spacial score (nSPS) is 31.2. The third kappa shape index (κ3) is 2.27. The van der Waals surface area contributed by atoms with Crippen molar-refractivity contribution in [2.24, 2.45) is 29.4 Å². The number of nitrogens with zero attached hydrogens (tertiary/aromatic N) is 1. The Hall–Kier alpha value is -1.95. The Bertz CT molecular complexity index is 908. The first-order valence-corrected chi connectivity index (χ1v) is 11.2. The summed E-state index contributed by atoms with van der Waals surface area (Å²) >= 11 is 1.45. The summed E-state index contributed by atoms with van der Waals surface area (Å²) in [5.74, 6) is -0.857. The van der Waals surface area contributed by atoms with E-state index in [1.54, 1.807) is 0 Å². The lowest BCUT2D eigenvalue weighted by Crippen LogP contribution is -2.34. The van der Waals surface area contributed by atoms with Crippen LogP contribution in [0.25, 0.3) is 0 Å². The molecule has 5 nitrogen and oxygen atoms in total. The van der Waals surface area contributed by atoms with Crippen LogP contribution in [0.5, 0.6) is 0 Å². The first-order chi connectivity index (χ1) is 13.4. The molecule has 3 amide bonds. The van der Waals surface area contributed by atoms with Crippen LogP contribution in [0.15, 0.2) is 11.1 Å². The molecule has 6 heteroatoms. The average Bonchev–Trinajstić information content (AvgIpc) is 3.32. The fraction of sp³-hybridized carbons (Fsp3) is 0.591. The number of allylic oxidation sites excluding steroid dienone is 2. The maximum Gasteiger partial charge on any atom is 0.252 e. The van der Waals surface area contributed by atoms with Gasteiger partial charge in [0.15, 0.2) is 0 Å². The fourth-order valence-electron chi connectivity index (χ4n) is 6.33. The van der Waals surface area contributed by atoms with Crippen molar-refractivity contribution < 1.29 is 14.4 Å². The van der Waals surface area contributed by atoms with Crippen LogP contribution in [-0.2, 0) is 22.4 Å². The van der Waals surface area contributed by atoms with Gasteiger partial charge in [0.1, 0.15) is 5.00 Å². The Balaban J connectivity index is 1.60. The van der Waals surface area contributed by atoms with E-state index in [9.17, 15) is 14.4 Å². The second-order valence-electron chi connectivity index (χ2n) is 8.92. The molecule has 0 spiro atoms. The lowest BCUT2D eigenvalue weighted by atomic mass is 9.81. The molecule has 4 atom stereocenters. The maximum atomic E-state index is 13.4. The molecule has 1 saturated heterocycles. The van der Waals surface area contributed by atoms with Crippen molar-refractivity contribution >= 4 is 34.1 Å². The number of thiophene rings is 1. The van der Waals surface area contributed by atoms with Gasteiger partial charge < -0.3 is 5.73 Å². The fourth-order valence-corrected chi connectivity index (χ4v) is 7.74. The van der Waals surface area contributed by atoms with Crippen LogP contribution < -0.4 is 10.6 Å². The van der Waals surface area contributed by atoms with E-state index in [0.717, 1.165) is 55.4 Å². The smallest absolute Gasteiger partial charge is 0.252 e. The third-order valence-electron chi connectivity index (χ3n) is 7.28. The highest BCUT2D eigenvalue weighted by atomic mass is 32.1. The predicted octanol–water partition coefficient (Wildman–Crippen LogP) is 3.60. The molecule has 1 aromatic rings. The monoisotopic (exact) mass is 398 g/mol. The van der Waals surface area contributed by atoms with Crippen LogP contribution in [0.1, 0.15) is 66.8 Å². The second-order valence-corrected chi connectivity index (χ2v) is 10.0. The molecular formula is C22H26N2O3S. The van der Waals surface area contributed by atoms with Crippen LogP contribution in [0.3, 0.4) is 0 Å². The van der Waals surface area contributed by atoms with Crippen LogP contribution >= 0.6 is 11.3 Å². The summed E-state index contributed by atoms with van der Waals surface area (Å²) in [6.07, 6.45) is 6.91. The van der Waals surface area contributed by atoms with Gasteiger partial charge in [0, 0.05) is 4.88 Å². The first kappa shape index (κ1) is 18.1. The quantitative estimate of drug-likeness (QED) is 0.470. The molecule has 3 aliphatic carbocycles. The molecule has 2 saturated carbocycles. The molecular weight excluding hydrogens is 372 g/mol. The van der Waals surface area contributed by atoms with Gasteiger partial charge >= 0.3 is 0 Å². The summed E-state index contributed by atoms with van der Waals surface area (Å²) in [5.41, 5.74) is 9.76. The topological polar surface area (TPSA) is 80.5 Å². The van der Waals surface area contributed by atoms with Gasteiger partial charge in [0.25, 0.3) is 5.91 Å². The van der Waals surface area contributed by atoms with Gasteiger partial charge in [-0.25, -0.2) is 4.90 Å². The van der Waals surface area contributed by atoms with E-state index in [1.807, 2.05) is 0 Å². The molecule has 0 unspecified atom stereocenters. The number of rotatable bonds is 2. The number of fused-ring (bicyclic) bond motifs is 6. The standard InChI is InChI=1S/C22H26N2O3S/c1-10(2)15-12-8-9-13(15)17-16(12)20(26)24(21(17)27)22-18(19(23)25)11-6-4-3-5-7-14(11)28-22/h12-13,16-17H,3-9H2,1-2H3,(H2,23,25)/t12-,13-,16-,17-/m0/s1.